The van der Waals surface area contributed by atoms with E-state index in [0.29, 0.717) is 59.0 Å². The topological polar surface area (TPSA) is 66.4 Å². The zero-order valence-corrected chi connectivity index (χ0v) is 26.2. The number of hydrogen-bond donors (Lipinski definition) is 1. The van der Waals surface area contributed by atoms with E-state index in [9.17, 15) is 8.78 Å². The molecule has 0 aliphatic carbocycles. The van der Waals surface area contributed by atoms with Crippen LogP contribution in [-0.2, 0) is 6.42 Å². The second-order valence-electron chi connectivity index (χ2n) is 14.1. The van der Waals surface area contributed by atoms with Crippen molar-refractivity contribution in [3.8, 4) is 29.6 Å². The SMILES string of the molecule is C#Cc1c(F)ccc2cccc(-c3nc4c5c(nc(OC[C@@]67CCCN6C[C@H](F)C7)nc5c3F)N3C[C@H]5CC[C@H](N5)[C@H]3CCCC4)c12. The Kier molecular flexibility index (Phi) is 6.88. The number of ether oxygens (including phenoxy) is 1. The minimum atomic E-state index is -0.891. The van der Waals surface area contributed by atoms with Crippen LogP contribution in [0, 0.1) is 24.0 Å². The molecule has 0 amide bonds. The van der Waals surface area contributed by atoms with E-state index in [-0.39, 0.29) is 35.4 Å². The summed E-state index contributed by atoms with van der Waals surface area (Å²) in [6.45, 7) is 2.26. The summed E-state index contributed by atoms with van der Waals surface area (Å²) in [6.07, 6.45) is 12.8. The minimum absolute atomic E-state index is 0.0773. The first kappa shape index (κ1) is 29.2. The fourth-order valence-electron chi connectivity index (χ4n) is 9.31. The van der Waals surface area contributed by atoms with E-state index in [1.165, 1.54) is 6.07 Å². The number of aromatic nitrogens is 3. The van der Waals surface area contributed by atoms with E-state index in [1.54, 1.807) is 12.1 Å². The van der Waals surface area contributed by atoms with Crippen molar-refractivity contribution in [3.63, 3.8) is 0 Å². The number of nitrogens with zero attached hydrogens (tertiary/aromatic N) is 5. The lowest BCUT2D eigenvalue weighted by Gasteiger charge is -2.42. The van der Waals surface area contributed by atoms with E-state index >= 15 is 4.39 Å². The first-order valence-electron chi connectivity index (χ1n) is 17.1. The van der Waals surface area contributed by atoms with Gasteiger partial charge in [0.2, 0.25) is 0 Å². The molecule has 0 spiro atoms. The fourth-order valence-corrected chi connectivity index (χ4v) is 9.31. The maximum Gasteiger partial charge on any atom is 0.319 e. The summed E-state index contributed by atoms with van der Waals surface area (Å²) in [5.41, 5.74) is 1.05. The van der Waals surface area contributed by atoms with Crippen molar-refractivity contribution >= 4 is 27.5 Å². The molecule has 4 fully saturated rings. The average molecular weight is 639 g/mol. The number of alkyl halides is 1. The lowest BCUT2D eigenvalue weighted by molar-refractivity contribution is 0.107. The Morgan fingerprint density at radius 2 is 1.94 bits per heavy atom. The summed E-state index contributed by atoms with van der Waals surface area (Å²) < 4.78 is 53.2. The summed E-state index contributed by atoms with van der Waals surface area (Å²) in [4.78, 5) is 19.4. The predicted molar refractivity (Wildman–Crippen MR) is 175 cm³/mol. The molecule has 4 aromatic rings. The number of halogens is 3. The lowest BCUT2D eigenvalue weighted by atomic mass is 9.95. The number of rotatable bonds is 4. The number of benzene rings is 2. The molecule has 2 aromatic heterocycles. The Balaban J connectivity index is 1.25. The van der Waals surface area contributed by atoms with Crippen LogP contribution in [0.25, 0.3) is 32.9 Å². The summed E-state index contributed by atoms with van der Waals surface area (Å²) >= 11 is 0. The third-order valence-electron chi connectivity index (χ3n) is 11.4. The highest BCUT2D eigenvalue weighted by molar-refractivity contribution is 6.02. The first-order valence-corrected chi connectivity index (χ1v) is 17.1. The molecule has 10 heteroatoms. The monoisotopic (exact) mass is 638 g/mol. The minimum Gasteiger partial charge on any atom is -0.461 e. The van der Waals surface area contributed by atoms with Crippen LogP contribution >= 0.6 is 0 Å². The van der Waals surface area contributed by atoms with Crippen LogP contribution in [0.2, 0.25) is 0 Å². The highest BCUT2D eigenvalue weighted by Gasteiger charge is 2.49. The van der Waals surface area contributed by atoms with E-state index in [0.717, 1.165) is 63.7 Å². The van der Waals surface area contributed by atoms with Crippen LogP contribution in [0.15, 0.2) is 30.3 Å². The van der Waals surface area contributed by atoms with Gasteiger partial charge in [0.25, 0.3) is 0 Å². The number of fused-ring (bicyclic) bond motifs is 7. The molecule has 0 radical (unpaired) electrons. The Bertz CT molecular complexity index is 1960. The number of terminal acetylenes is 1. The van der Waals surface area contributed by atoms with Crippen molar-refractivity contribution in [2.45, 2.75) is 87.6 Å². The second kappa shape index (κ2) is 11.1. The van der Waals surface area contributed by atoms with E-state index in [2.05, 4.69) is 21.0 Å². The van der Waals surface area contributed by atoms with E-state index < -0.39 is 23.3 Å². The lowest BCUT2D eigenvalue weighted by Crippen LogP contribution is -2.58. The molecule has 0 unspecified atom stereocenters. The number of hydrogen-bond acceptors (Lipinski definition) is 7. The van der Waals surface area contributed by atoms with Crippen LogP contribution in [0.4, 0.5) is 19.0 Å². The van der Waals surface area contributed by atoms with Gasteiger partial charge < -0.3 is 15.0 Å². The normalized spacial score (nSPS) is 28.5. The van der Waals surface area contributed by atoms with Crippen LogP contribution < -0.4 is 15.0 Å². The Hall–Kier alpha value is -3.94. The molecule has 5 aliphatic heterocycles. The maximum absolute atomic E-state index is 17.2. The number of nitrogens with one attached hydrogen (secondary N) is 1. The highest BCUT2D eigenvalue weighted by Crippen LogP contribution is 2.43. The molecule has 242 valence electrons. The molecule has 2 aromatic carbocycles. The molecule has 2 bridgehead atoms. The standard InChI is InChI=1S/C37H37F3N6O/c1-2-24-26(39)13-11-21-7-5-8-25(30(21)24)33-32(40)34-31-28(42-33)9-3-4-10-29-27-14-12-23(41-27)19-46(29)35(31)44-36(43-34)47-20-37-15-6-16-45(37)18-22(38)17-37/h1,5,7-8,11,13,22-23,27,29,41H,3-4,6,9-10,12,14-20H2/t22-,23-,27+,29-,37+/m1/s1. The summed E-state index contributed by atoms with van der Waals surface area (Å²) in [6, 6.07) is 9.34. The van der Waals surface area contributed by atoms with Crippen molar-refractivity contribution in [1.29, 1.82) is 0 Å². The summed E-state index contributed by atoms with van der Waals surface area (Å²) in [5, 5.41) is 5.56. The Morgan fingerprint density at radius 1 is 1.02 bits per heavy atom. The van der Waals surface area contributed by atoms with Crippen molar-refractivity contribution in [2.75, 3.05) is 31.1 Å². The third kappa shape index (κ3) is 4.61. The van der Waals surface area contributed by atoms with Crippen molar-refractivity contribution < 1.29 is 17.9 Å². The molecule has 7 nitrogen and oxygen atoms in total. The van der Waals surface area contributed by atoms with Crippen LogP contribution in [0.1, 0.15) is 62.6 Å². The van der Waals surface area contributed by atoms with Crippen LogP contribution in [-0.4, -0.2) is 75.9 Å². The van der Waals surface area contributed by atoms with E-state index in [1.807, 2.05) is 12.1 Å². The highest BCUT2D eigenvalue weighted by atomic mass is 19.1. The molecule has 7 heterocycles. The Labute approximate surface area is 271 Å². The zero-order valence-electron chi connectivity index (χ0n) is 26.2. The van der Waals surface area contributed by atoms with Gasteiger partial charge in [-0.15, -0.1) is 6.42 Å². The van der Waals surface area contributed by atoms with Gasteiger partial charge in [0.15, 0.2) is 5.82 Å². The molecule has 5 aliphatic rings. The molecular weight excluding hydrogens is 601 g/mol. The fraction of sp³-hybridized carbons (Fsp3) is 0.486. The van der Waals surface area contributed by atoms with Gasteiger partial charge in [-0.2, -0.15) is 9.97 Å². The smallest absolute Gasteiger partial charge is 0.319 e. The molecular formula is C37H37F3N6O. The van der Waals surface area contributed by atoms with Crippen molar-refractivity contribution in [3.05, 3.63) is 53.2 Å². The first-order chi connectivity index (χ1) is 22.9. The predicted octanol–water partition coefficient (Wildman–Crippen LogP) is 6.10. The van der Waals surface area contributed by atoms with Gasteiger partial charge in [0, 0.05) is 48.6 Å². The Morgan fingerprint density at radius 3 is 2.83 bits per heavy atom. The van der Waals surface area contributed by atoms with Gasteiger partial charge in [-0.3, -0.25) is 4.90 Å². The quantitative estimate of drug-likeness (QED) is 0.271. The molecule has 9 rings (SSSR count). The molecule has 47 heavy (non-hydrogen) atoms. The zero-order chi connectivity index (χ0) is 31.9. The van der Waals surface area contributed by atoms with E-state index in [4.69, 9.17) is 26.1 Å². The molecule has 1 N–H and O–H groups in total. The molecule has 5 atom stereocenters. The maximum atomic E-state index is 17.2. The van der Waals surface area contributed by atoms with Gasteiger partial charge in [-0.25, -0.2) is 18.2 Å². The van der Waals surface area contributed by atoms with Gasteiger partial charge in [0.05, 0.1) is 22.2 Å². The van der Waals surface area contributed by atoms with Crippen molar-refractivity contribution in [1.82, 2.24) is 25.2 Å². The van der Waals surface area contributed by atoms with Gasteiger partial charge in [-0.05, 0) is 62.9 Å². The second-order valence-corrected chi connectivity index (χ2v) is 14.1. The van der Waals surface area contributed by atoms with Crippen LogP contribution in [0.5, 0.6) is 6.01 Å². The molecule has 0 saturated carbocycles. The number of pyridine rings is 1. The van der Waals surface area contributed by atoms with Gasteiger partial charge in [0.1, 0.15) is 35.6 Å². The van der Waals surface area contributed by atoms with Crippen molar-refractivity contribution in [2.24, 2.45) is 0 Å². The van der Waals surface area contributed by atoms with Crippen LogP contribution in [0.3, 0.4) is 0 Å². The number of piperazine rings is 1. The number of aryl methyl sites for hydroxylation is 1. The van der Waals surface area contributed by atoms with Gasteiger partial charge >= 0.3 is 6.01 Å². The largest absolute Gasteiger partial charge is 0.461 e. The molecule has 4 saturated heterocycles. The average Bonchev–Trinajstić information content (AvgIpc) is 3.75. The van der Waals surface area contributed by atoms with Gasteiger partial charge in [-0.1, -0.05) is 36.6 Å². The summed E-state index contributed by atoms with van der Waals surface area (Å²) in [5.74, 6) is 1.99. The summed E-state index contributed by atoms with van der Waals surface area (Å²) in [7, 11) is 0. The number of anilines is 1. The third-order valence-corrected chi connectivity index (χ3v) is 11.4.